The highest BCUT2D eigenvalue weighted by atomic mass is 35.5. The number of nitrogens with one attached hydrogen (secondary N) is 3. The van der Waals surface area contributed by atoms with Crippen LogP contribution in [0, 0.1) is 11.3 Å². The van der Waals surface area contributed by atoms with E-state index in [1.807, 2.05) is 11.0 Å². The molecule has 5 rings (SSSR count). The molecule has 2 aliphatic rings. The number of hydrogen-bond acceptors (Lipinski definition) is 10. The summed E-state index contributed by atoms with van der Waals surface area (Å²) in [6.45, 7) is 1.47. The Morgan fingerprint density at radius 2 is 2.08 bits per heavy atom. The molecule has 0 spiro atoms. The van der Waals surface area contributed by atoms with Crippen molar-refractivity contribution in [1.82, 2.24) is 24.9 Å². The fourth-order valence-corrected chi connectivity index (χ4v) is 4.33. The van der Waals surface area contributed by atoms with E-state index in [1.54, 1.807) is 0 Å². The van der Waals surface area contributed by atoms with Gasteiger partial charge >= 0.3 is 0 Å². The van der Waals surface area contributed by atoms with Gasteiger partial charge in [0.25, 0.3) is 6.43 Å². The number of aliphatic hydroxyl groups is 1. The van der Waals surface area contributed by atoms with Gasteiger partial charge in [0.15, 0.2) is 17.2 Å². The highest BCUT2D eigenvalue weighted by molar-refractivity contribution is 6.36. The number of anilines is 4. The van der Waals surface area contributed by atoms with Crippen molar-refractivity contribution in [3.63, 3.8) is 0 Å². The number of aromatic nitrogens is 4. The van der Waals surface area contributed by atoms with Crippen molar-refractivity contribution < 1.29 is 18.6 Å². The number of ether oxygens (including phenoxy) is 1. The fraction of sp³-hybridized carbons (Fsp3) is 0.478. The third-order valence-corrected chi connectivity index (χ3v) is 6.76. The zero-order valence-electron chi connectivity index (χ0n) is 20.0. The maximum absolute atomic E-state index is 13.8. The molecular formula is C23H26ClF2N9O2. The van der Waals surface area contributed by atoms with Crippen molar-refractivity contribution >= 4 is 40.4 Å². The number of benzene rings is 1. The van der Waals surface area contributed by atoms with Crippen molar-refractivity contribution in [2.75, 3.05) is 48.9 Å². The summed E-state index contributed by atoms with van der Waals surface area (Å²) < 4.78 is 34.1. The lowest BCUT2D eigenvalue weighted by molar-refractivity contribution is 0.0466. The van der Waals surface area contributed by atoms with Crippen LogP contribution in [0.2, 0.25) is 5.02 Å². The first-order chi connectivity index (χ1) is 17.9. The molecule has 37 heavy (non-hydrogen) atoms. The minimum absolute atomic E-state index is 0.0854. The third-order valence-electron chi connectivity index (χ3n) is 6.36. The van der Waals surface area contributed by atoms with Gasteiger partial charge in [-0.15, -0.1) is 5.10 Å². The summed E-state index contributed by atoms with van der Waals surface area (Å²) in [4.78, 5) is 10.6. The Kier molecular flexibility index (Phi) is 7.25. The van der Waals surface area contributed by atoms with Crippen molar-refractivity contribution in [2.45, 2.75) is 37.5 Å². The monoisotopic (exact) mass is 533 g/mol. The first kappa shape index (κ1) is 25.3. The molecule has 0 bridgehead atoms. The average Bonchev–Trinajstić information content (AvgIpc) is 3.58. The van der Waals surface area contributed by atoms with Gasteiger partial charge < -0.3 is 30.7 Å². The Bertz CT molecular complexity index is 1320. The lowest BCUT2D eigenvalue weighted by Gasteiger charge is -2.42. The molecule has 2 fully saturated rings. The van der Waals surface area contributed by atoms with Crippen LogP contribution in [-0.2, 0) is 4.74 Å². The van der Waals surface area contributed by atoms with E-state index in [0.29, 0.717) is 36.8 Å². The topological polar surface area (TPSA) is 136 Å². The van der Waals surface area contributed by atoms with Gasteiger partial charge in [-0.3, -0.25) is 0 Å². The molecule has 14 heteroatoms. The van der Waals surface area contributed by atoms with E-state index in [4.69, 9.17) is 16.3 Å². The highest BCUT2D eigenvalue weighted by Crippen LogP contribution is 2.40. The fourth-order valence-electron chi connectivity index (χ4n) is 4.05. The first-order valence-electron chi connectivity index (χ1n) is 11.8. The standard InChI is InChI=1S/C23H26ClF2N9O2/c1-37-16(11-36)8-28-14-9-34(10-14)18-5-12(20(25)26)4-17(19(18)24)31-23-32-21(30-13-2-3-13)22-29-7-15(6-27)35(22)33-23/h4-5,7,13-14,16,20,28,36H,2-3,8-11H2,1H3,(H2,30,31,32,33). The van der Waals surface area contributed by atoms with Gasteiger partial charge in [-0.2, -0.15) is 14.8 Å². The molecule has 1 aliphatic heterocycles. The molecule has 3 aromatic rings. The highest BCUT2D eigenvalue weighted by Gasteiger charge is 2.30. The molecule has 196 valence electrons. The Hall–Kier alpha value is -3.31. The lowest BCUT2D eigenvalue weighted by Crippen LogP contribution is -2.59. The summed E-state index contributed by atoms with van der Waals surface area (Å²) >= 11 is 6.69. The van der Waals surface area contributed by atoms with Gasteiger partial charge in [0, 0.05) is 44.4 Å². The summed E-state index contributed by atoms with van der Waals surface area (Å²) in [5.74, 6) is 0.527. The molecule has 4 N–H and O–H groups in total. The number of rotatable bonds is 11. The maximum Gasteiger partial charge on any atom is 0.264 e. The zero-order chi connectivity index (χ0) is 26.1. The molecule has 1 unspecified atom stereocenters. The maximum atomic E-state index is 13.8. The first-order valence-corrected chi connectivity index (χ1v) is 12.2. The second-order valence-electron chi connectivity index (χ2n) is 9.07. The van der Waals surface area contributed by atoms with Crippen LogP contribution in [0.5, 0.6) is 0 Å². The van der Waals surface area contributed by atoms with E-state index < -0.39 is 6.43 Å². The van der Waals surface area contributed by atoms with Crippen LogP contribution in [0.1, 0.15) is 30.5 Å². The van der Waals surface area contributed by atoms with Crippen molar-refractivity contribution in [1.29, 1.82) is 5.26 Å². The van der Waals surface area contributed by atoms with Crippen LogP contribution in [0.15, 0.2) is 18.3 Å². The molecule has 11 nitrogen and oxygen atoms in total. The number of imidazole rings is 1. The van der Waals surface area contributed by atoms with E-state index in [-0.39, 0.29) is 52.7 Å². The third kappa shape index (κ3) is 5.37. The van der Waals surface area contributed by atoms with E-state index in [2.05, 4.69) is 31.0 Å². The predicted octanol–water partition coefficient (Wildman–Crippen LogP) is 2.69. The van der Waals surface area contributed by atoms with Crippen molar-refractivity contribution in [3.05, 3.63) is 34.6 Å². The minimum atomic E-state index is -2.71. The number of nitriles is 1. The molecule has 1 saturated heterocycles. The molecular weight excluding hydrogens is 508 g/mol. The molecule has 3 heterocycles. The zero-order valence-corrected chi connectivity index (χ0v) is 20.7. The smallest absolute Gasteiger partial charge is 0.264 e. The lowest BCUT2D eigenvalue weighted by atomic mass is 10.0. The number of methoxy groups -OCH3 is 1. The average molecular weight is 534 g/mol. The van der Waals surface area contributed by atoms with Gasteiger partial charge in [-0.25, -0.2) is 13.8 Å². The Morgan fingerprint density at radius 3 is 2.73 bits per heavy atom. The van der Waals surface area contributed by atoms with Gasteiger partial charge in [0.1, 0.15) is 6.07 Å². The van der Waals surface area contributed by atoms with Crippen LogP contribution in [-0.4, -0.2) is 76.2 Å². The van der Waals surface area contributed by atoms with Crippen LogP contribution in [0.25, 0.3) is 5.65 Å². The quantitative estimate of drug-likeness (QED) is 0.291. The number of alkyl halides is 2. The number of nitrogens with zero attached hydrogens (tertiary/aromatic N) is 6. The van der Waals surface area contributed by atoms with E-state index >= 15 is 0 Å². The van der Waals surface area contributed by atoms with E-state index in [1.165, 1.54) is 30.0 Å². The molecule has 0 amide bonds. The molecule has 1 atom stereocenters. The molecule has 1 aliphatic carbocycles. The number of halogens is 3. The second kappa shape index (κ2) is 10.6. The van der Waals surface area contributed by atoms with Crippen LogP contribution in [0.3, 0.4) is 0 Å². The Morgan fingerprint density at radius 1 is 1.30 bits per heavy atom. The SMILES string of the molecule is COC(CO)CNC1CN(c2cc(C(F)F)cc(Nc3nc(NC4CC4)c4ncc(C#N)n4n3)c2Cl)C1. The van der Waals surface area contributed by atoms with Gasteiger partial charge in [0.05, 0.1) is 35.3 Å². The normalized spacial score (nSPS) is 16.6. The Balaban J connectivity index is 1.40. The van der Waals surface area contributed by atoms with E-state index in [9.17, 15) is 19.1 Å². The van der Waals surface area contributed by atoms with Gasteiger partial charge in [-0.05, 0) is 25.0 Å². The van der Waals surface area contributed by atoms with Crippen molar-refractivity contribution in [3.8, 4) is 6.07 Å². The molecule has 2 aromatic heterocycles. The summed E-state index contributed by atoms with van der Waals surface area (Å²) in [5.41, 5.74) is 1.10. The number of aliphatic hydroxyl groups excluding tert-OH is 1. The predicted molar refractivity (Wildman–Crippen MR) is 134 cm³/mol. The second-order valence-corrected chi connectivity index (χ2v) is 9.45. The summed E-state index contributed by atoms with van der Waals surface area (Å²) in [6, 6.07) is 5.05. The van der Waals surface area contributed by atoms with Crippen LogP contribution < -0.4 is 20.9 Å². The van der Waals surface area contributed by atoms with Gasteiger partial charge in [-0.1, -0.05) is 11.6 Å². The largest absolute Gasteiger partial charge is 0.394 e. The molecule has 0 radical (unpaired) electrons. The van der Waals surface area contributed by atoms with Crippen LogP contribution >= 0.6 is 11.6 Å². The van der Waals surface area contributed by atoms with E-state index in [0.717, 1.165) is 12.8 Å². The summed E-state index contributed by atoms with van der Waals surface area (Å²) in [7, 11) is 1.53. The van der Waals surface area contributed by atoms with Gasteiger partial charge in [0.2, 0.25) is 5.95 Å². The summed E-state index contributed by atoms with van der Waals surface area (Å²) in [5, 5.41) is 32.8. The minimum Gasteiger partial charge on any atom is -0.394 e. The number of fused-ring (bicyclic) bond motifs is 1. The Labute approximate surface area is 216 Å². The number of hydrogen-bond donors (Lipinski definition) is 4. The molecule has 1 aromatic carbocycles. The van der Waals surface area contributed by atoms with Crippen molar-refractivity contribution in [2.24, 2.45) is 0 Å². The summed E-state index contributed by atoms with van der Waals surface area (Å²) in [6.07, 6.45) is 0.359. The van der Waals surface area contributed by atoms with Crippen LogP contribution in [0.4, 0.5) is 31.9 Å². The molecule has 1 saturated carbocycles.